The largest absolute Gasteiger partial charge is 0.493 e. The fraction of sp³-hybridized carbons (Fsp3) is 0.261. The number of nitrogens with one attached hydrogen (secondary N) is 1. The lowest BCUT2D eigenvalue weighted by molar-refractivity contribution is -0.384. The van der Waals surface area contributed by atoms with E-state index in [-0.39, 0.29) is 17.4 Å². The summed E-state index contributed by atoms with van der Waals surface area (Å²) in [6, 6.07) is 11.4. The van der Waals surface area contributed by atoms with Crippen LogP contribution >= 0.6 is 0 Å². The molecule has 0 bridgehead atoms. The summed E-state index contributed by atoms with van der Waals surface area (Å²) < 4.78 is 12.4. The molecule has 33 heavy (non-hydrogen) atoms. The van der Waals surface area contributed by atoms with E-state index in [2.05, 4.69) is 15.4 Å². The summed E-state index contributed by atoms with van der Waals surface area (Å²) >= 11 is 0. The number of nitrogens with zero attached hydrogens (tertiary/aromatic N) is 4. The van der Waals surface area contributed by atoms with Gasteiger partial charge in [0.25, 0.3) is 5.69 Å². The number of nitro groups is 1. The molecule has 168 valence electrons. The smallest absolute Gasteiger partial charge is 0.269 e. The van der Waals surface area contributed by atoms with Crippen LogP contribution in [0.1, 0.15) is 35.9 Å². The molecular weight excluding hydrogens is 426 g/mol. The fourth-order valence-electron chi connectivity index (χ4n) is 4.58. The van der Waals surface area contributed by atoms with Crippen LogP contribution in [0.4, 0.5) is 11.6 Å². The number of allylic oxidation sites excluding steroid dienone is 2. The highest BCUT2D eigenvalue weighted by molar-refractivity contribution is 6.00. The van der Waals surface area contributed by atoms with Gasteiger partial charge in [0.15, 0.2) is 17.3 Å². The number of benzene rings is 2. The number of carbonyl (C=O) groups excluding carboxylic acids is 1. The Morgan fingerprint density at radius 3 is 2.48 bits per heavy atom. The van der Waals surface area contributed by atoms with E-state index in [9.17, 15) is 14.9 Å². The molecule has 1 aliphatic heterocycles. The Kier molecular flexibility index (Phi) is 5.04. The zero-order valence-corrected chi connectivity index (χ0v) is 18.0. The summed E-state index contributed by atoms with van der Waals surface area (Å²) in [6.45, 7) is 0. The molecule has 0 saturated heterocycles. The standard InChI is InChI=1S/C23H21N5O5/c1-32-19-8-5-14(11-20(19)33-2)15-9-17-21(18(29)10-15)22(27-23(26-17)24-12-25-27)13-3-6-16(7-4-13)28(30)31/h3-8,11-12,15,22H,9-10H2,1-2H3,(H,24,25,26). The van der Waals surface area contributed by atoms with E-state index in [0.29, 0.717) is 35.9 Å². The van der Waals surface area contributed by atoms with Gasteiger partial charge in [-0.05, 0) is 47.7 Å². The number of ether oxygens (including phenoxy) is 2. The Bertz CT molecular complexity index is 1280. The lowest BCUT2D eigenvalue weighted by Crippen LogP contribution is -2.33. The topological polar surface area (TPSA) is 121 Å². The monoisotopic (exact) mass is 447 g/mol. The summed E-state index contributed by atoms with van der Waals surface area (Å²) in [7, 11) is 3.16. The van der Waals surface area contributed by atoms with Crippen LogP contribution in [0.5, 0.6) is 11.5 Å². The molecule has 2 unspecified atom stereocenters. The Balaban J connectivity index is 1.54. The second-order valence-electron chi connectivity index (χ2n) is 7.94. The summed E-state index contributed by atoms with van der Waals surface area (Å²) in [6.07, 6.45) is 2.35. The van der Waals surface area contributed by atoms with Gasteiger partial charge in [-0.1, -0.05) is 6.07 Å². The molecule has 0 spiro atoms. The molecule has 2 heterocycles. The zero-order chi connectivity index (χ0) is 23.1. The van der Waals surface area contributed by atoms with Crippen LogP contribution in [0.2, 0.25) is 0 Å². The SMILES string of the molecule is COc1ccc(C2CC(=O)C3=C(C2)Nc2ncnn2C3c2ccc([N+](=O)[O-])cc2)cc1OC. The number of ketones is 1. The van der Waals surface area contributed by atoms with E-state index in [1.165, 1.54) is 18.5 Å². The molecule has 1 aliphatic carbocycles. The van der Waals surface area contributed by atoms with Gasteiger partial charge in [0, 0.05) is 29.8 Å². The Morgan fingerprint density at radius 1 is 1.06 bits per heavy atom. The number of Topliss-reactive ketones (excluding diaryl/α,β-unsaturated/α-hetero) is 1. The number of aromatic nitrogens is 3. The summed E-state index contributed by atoms with van der Waals surface area (Å²) in [5.41, 5.74) is 3.10. The third-order valence-corrected chi connectivity index (χ3v) is 6.16. The highest BCUT2D eigenvalue weighted by atomic mass is 16.6. The number of non-ortho nitro benzene ring substituents is 1. The molecule has 0 fully saturated rings. The second-order valence-corrected chi connectivity index (χ2v) is 7.94. The lowest BCUT2D eigenvalue weighted by Gasteiger charge is -2.35. The molecule has 0 amide bonds. The number of anilines is 1. The molecule has 2 aromatic carbocycles. The average molecular weight is 447 g/mol. The molecule has 5 rings (SSSR count). The quantitative estimate of drug-likeness (QED) is 0.465. The van der Waals surface area contributed by atoms with Gasteiger partial charge in [0.2, 0.25) is 5.95 Å². The second kappa shape index (κ2) is 8.05. The molecule has 3 aromatic rings. The van der Waals surface area contributed by atoms with Crippen molar-refractivity contribution in [2.24, 2.45) is 0 Å². The van der Waals surface area contributed by atoms with Crippen molar-refractivity contribution in [3.63, 3.8) is 0 Å². The third-order valence-electron chi connectivity index (χ3n) is 6.16. The van der Waals surface area contributed by atoms with E-state index in [1.54, 1.807) is 31.0 Å². The minimum Gasteiger partial charge on any atom is -0.493 e. The maximum Gasteiger partial charge on any atom is 0.269 e. The van der Waals surface area contributed by atoms with Crippen LogP contribution < -0.4 is 14.8 Å². The fourth-order valence-corrected chi connectivity index (χ4v) is 4.58. The predicted molar refractivity (Wildman–Crippen MR) is 118 cm³/mol. The number of hydrogen-bond donors (Lipinski definition) is 1. The van der Waals surface area contributed by atoms with Crippen molar-refractivity contribution in [1.29, 1.82) is 0 Å². The van der Waals surface area contributed by atoms with Gasteiger partial charge in [0.1, 0.15) is 12.4 Å². The van der Waals surface area contributed by atoms with Gasteiger partial charge in [-0.15, -0.1) is 0 Å². The number of carbonyl (C=O) groups is 1. The highest BCUT2D eigenvalue weighted by Gasteiger charge is 2.39. The lowest BCUT2D eigenvalue weighted by atomic mass is 9.78. The van der Waals surface area contributed by atoms with Gasteiger partial charge in [0.05, 0.1) is 19.1 Å². The van der Waals surface area contributed by atoms with E-state index in [1.807, 2.05) is 18.2 Å². The highest BCUT2D eigenvalue weighted by Crippen LogP contribution is 2.45. The Hall–Kier alpha value is -4.21. The minimum atomic E-state index is -0.501. The van der Waals surface area contributed by atoms with Gasteiger partial charge in [-0.3, -0.25) is 14.9 Å². The summed E-state index contributed by atoms with van der Waals surface area (Å²) in [5.74, 6) is 1.72. The molecule has 0 radical (unpaired) electrons. The molecule has 2 aliphatic rings. The normalized spacial score (nSPS) is 19.4. The number of rotatable bonds is 5. The van der Waals surface area contributed by atoms with Crippen LogP contribution in [0.3, 0.4) is 0 Å². The van der Waals surface area contributed by atoms with Crippen molar-refractivity contribution >= 4 is 17.4 Å². The van der Waals surface area contributed by atoms with E-state index >= 15 is 0 Å². The van der Waals surface area contributed by atoms with Gasteiger partial charge in [-0.2, -0.15) is 10.1 Å². The molecule has 1 aromatic heterocycles. The van der Waals surface area contributed by atoms with Crippen LogP contribution in [-0.2, 0) is 4.79 Å². The van der Waals surface area contributed by atoms with Crippen LogP contribution in [-0.4, -0.2) is 39.7 Å². The van der Waals surface area contributed by atoms with Crippen molar-refractivity contribution in [3.05, 3.63) is 81.3 Å². The molecule has 10 heteroatoms. The summed E-state index contributed by atoms with van der Waals surface area (Å²) in [5, 5.41) is 18.7. The van der Waals surface area contributed by atoms with Crippen molar-refractivity contribution in [3.8, 4) is 11.5 Å². The van der Waals surface area contributed by atoms with Crippen LogP contribution in [0, 0.1) is 10.1 Å². The van der Waals surface area contributed by atoms with Crippen LogP contribution in [0.25, 0.3) is 0 Å². The van der Waals surface area contributed by atoms with Crippen LogP contribution in [0.15, 0.2) is 60.1 Å². The predicted octanol–water partition coefficient (Wildman–Crippen LogP) is 3.62. The first kappa shape index (κ1) is 20.7. The molecular formula is C23H21N5O5. The summed E-state index contributed by atoms with van der Waals surface area (Å²) in [4.78, 5) is 28.4. The molecule has 2 atom stereocenters. The van der Waals surface area contributed by atoms with Gasteiger partial charge < -0.3 is 14.8 Å². The van der Waals surface area contributed by atoms with Crippen molar-refractivity contribution in [2.75, 3.05) is 19.5 Å². The van der Waals surface area contributed by atoms with Gasteiger partial charge in [-0.25, -0.2) is 4.68 Å². The van der Waals surface area contributed by atoms with E-state index < -0.39 is 11.0 Å². The molecule has 0 saturated carbocycles. The van der Waals surface area contributed by atoms with Crippen molar-refractivity contribution < 1.29 is 19.2 Å². The van der Waals surface area contributed by atoms with Crippen molar-refractivity contribution in [1.82, 2.24) is 14.8 Å². The Labute approximate surface area is 189 Å². The first-order valence-electron chi connectivity index (χ1n) is 10.4. The minimum absolute atomic E-state index is 0.00645. The third kappa shape index (κ3) is 3.49. The number of fused-ring (bicyclic) bond motifs is 1. The molecule has 10 nitrogen and oxygen atoms in total. The maximum atomic E-state index is 13.5. The Morgan fingerprint density at radius 2 is 1.79 bits per heavy atom. The first-order valence-corrected chi connectivity index (χ1v) is 10.4. The number of methoxy groups -OCH3 is 2. The van der Waals surface area contributed by atoms with E-state index in [0.717, 1.165) is 16.8 Å². The van der Waals surface area contributed by atoms with Crippen molar-refractivity contribution in [2.45, 2.75) is 24.8 Å². The number of nitro benzene ring substituents is 1. The van der Waals surface area contributed by atoms with Gasteiger partial charge >= 0.3 is 0 Å². The number of hydrogen-bond acceptors (Lipinski definition) is 8. The average Bonchev–Trinajstić information content (AvgIpc) is 3.30. The maximum absolute atomic E-state index is 13.5. The first-order chi connectivity index (χ1) is 16.0. The zero-order valence-electron chi connectivity index (χ0n) is 18.0. The van der Waals surface area contributed by atoms with E-state index in [4.69, 9.17) is 9.47 Å². The molecule has 1 N–H and O–H groups in total.